The molecule has 2 aromatic carbocycles. The highest BCUT2D eigenvalue weighted by Crippen LogP contribution is 2.30. The van der Waals surface area contributed by atoms with Gasteiger partial charge in [-0.2, -0.15) is 0 Å². The molecule has 4 nitrogen and oxygen atoms in total. The fraction of sp³-hybridized carbons (Fsp3) is 0.125. The van der Waals surface area contributed by atoms with E-state index < -0.39 is 6.04 Å². The molecule has 1 N–H and O–H groups in total. The summed E-state index contributed by atoms with van der Waals surface area (Å²) in [6, 6.07) is 15.5. The van der Waals surface area contributed by atoms with E-state index in [9.17, 15) is 9.59 Å². The van der Waals surface area contributed by atoms with Crippen molar-refractivity contribution in [2.24, 2.45) is 0 Å². The van der Waals surface area contributed by atoms with Crippen LogP contribution < -0.4 is 10.2 Å². The number of hydrogen-bond donors (Lipinski definition) is 1. The van der Waals surface area contributed by atoms with Gasteiger partial charge in [0, 0.05) is 10.7 Å². The molecule has 5 heteroatoms. The standard InChI is InChI=1S/C16H13ClN2O2/c17-12-6-8-13(9-7-12)19-14(20)10-18-16(21)15(19)11-4-2-1-3-5-11/h1-9,15H,10H2,(H,18,21). The van der Waals surface area contributed by atoms with Crippen molar-refractivity contribution in [1.29, 1.82) is 0 Å². The second-order valence-electron chi connectivity index (χ2n) is 4.77. The Kier molecular flexibility index (Phi) is 3.62. The Bertz CT molecular complexity index is 670. The predicted molar refractivity (Wildman–Crippen MR) is 81.1 cm³/mol. The minimum Gasteiger partial charge on any atom is -0.345 e. The lowest BCUT2D eigenvalue weighted by Crippen LogP contribution is -2.53. The van der Waals surface area contributed by atoms with E-state index in [0.29, 0.717) is 10.7 Å². The van der Waals surface area contributed by atoms with E-state index in [1.54, 1.807) is 24.3 Å². The van der Waals surface area contributed by atoms with Gasteiger partial charge in [-0.25, -0.2) is 0 Å². The molecule has 1 fully saturated rings. The quantitative estimate of drug-likeness (QED) is 0.926. The molecule has 106 valence electrons. The second-order valence-corrected chi connectivity index (χ2v) is 5.21. The first-order valence-electron chi connectivity index (χ1n) is 6.57. The Hall–Kier alpha value is -2.33. The number of halogens is 1. The molecule has 1 unspecified atom stereocenters. The maximum atomic E-state index is 12.3. The van der Waals surface area contributed by atoms with Crippen LogP contribution in [0.5, 0.6) is 0 Å². The van der Waals surface area contributed by atoms with Crippen molar-refractivity contribution in [2.75, 3.05) is 11.4 Å². The third-order valence-corrected chi connectivity index (χ3v) is 3.66. The van der Waals surface area contributed by atoms with Crippen molar-refractivity contribution in [3.05, 3.63) is 65.2 Å². The van der Waals surface area contributed by atoms with Crippen LogP contribution in [-0.4, -0.2) is 18.4 Å². The largest absolute Gasteiger partial charge is 0.345 e. The summed E-state index contributed by atoms with van der Waals surface area (Å²) in [6.45, 7) is 0.00476. The molecule has 2 aromatic rings. The molecular formula is C16H13ClN2O2. The van der Waals surface area contributed by atoms with Gasteiger partial charge in [0.1, 0.15) is 6.04 Å². The summed E-state index contributed by atoms with van der Waals surface area (Å²) in [5.41, 5.74) is 1.44. The number of anilines is 1. The molecule has 0 saturated carbocycles. The number of rotatable bonds is 2. The van der Waals surface area contributed by atoms with Gasteiger partial charge in [-0.05, 0) is 29.8 Å². The molecule has 0 bridgehead atoms. The van der Waals surface area contributed by atoms with Crippen LogP contribution in [0.2, 0.25) is 5.02 Å². The highest BCUT2D eigenvalue weighted by atomic mass is 35.5. The SMILES string of the molecule is O=C1NCC(=O)N(c2ccc(Cl)cc2)C1c1ccccc1. The number of piperazine rings is 1. The first kappa shape index (κ1) is 13.6. The van der Waals surface area contributed by atoms with E-state index in [2.05, 4.69) is 5.32 Å². The van der Waals surface area contributed by atoms with Gasteiger partial charge in [0.05, 0.1) is 6.54 Å². The summed E-state index contributed by atoms with van der Waals surface area (Å²) >= 11 is 5.89. The van der Waals surface area contributed by atoms with Crippen LogP contribution in [0.1, 0.15) is 11.6 Å². The van der Waals surface area contributed by atoms with E-state index in [1.807, 2.05) is 30.3 Å². The van der Waals surface area contributed by atoms with Crippen molar-refractivity contribution >= 4 is 29.1 Å². The summed E-state index contributed by atoms with van der Waals surface area (Å²) in [6.07, 6.45) is 0. The fourth-order valence-corrected chi connectivity index (χ4v) is 2.56. The van der Waals surface area contributed by atoms with Crippen molar-refractivity contribution in [2.45, 2.75) is 6.04 Å². The topological polar surface area (TPSA) is 49.4 Å². The number of benzene rings is 2. The maximum absolute atomic E-state index is 12.3. The summed E-state index contributed by atoms with van der Waals surface area (Å²) in [7, 11) is 0. The Morgan fingerprint density at radius 3 is 2.33 bits per heavy atom. The van der Waals surface area contributed by atoms with Gasteiger partial charge in [0.15, 0.2) is 0 Å². The van der Waals surface area contributed by atoms with E-state index in [4.69, 9.17) is 11.6 Å². The van der Waals surface area contributed by atoms with Gasteiger partial charge < -0.3 is 5.32 Å². The molecule has 1 heterocycles. The number of carbonyl (C=O) groups excluding carboxylic acids is 2. The fourth-order valence-electron chi connectivity index (χ4n) is 2.44. The zero-order valence-corrected chi connectivity index (χ0v) is 11.9. The zero-order chi connectivity index (χ0) is 14.8. The summed E-state index contributed by atoms with van der Waals surface area (Å²) in [5.74, 6) is -0.332. The van der Waals surface area contributed by atoms with Crippen LogP contribution in [0.25, 0.3) is 0 Å². The molecular weight excluding hydrogens is 288 g/mol. The Morgan fingerprint density at radius 1 is 1.00 bits per heavy atom. The third kappa shape index (κ3) is 2.62. The molecule has 1 saturated heterocycles. The monoisotopic (exact) mass is 300 g/mol. The molecule has 1 aliphatic heterocycles. The Labute approximate surface area is 127 Å². The van der Waals surface area contributed by atoms with Crippen molar-refractivity contribution < 1.29 is 9.59 Å². The smallest absolute Gasteiger partial charge is 0.248 e. The molecule has 1 aliphatic rings. The molecule has 1 atom stereocenters. The average Bonchev–Trinajstić information content (AvgIpc) is 2.51. The number of nitrogens with zero attached hydrogens (tertiary/aromatic N) is 1. The van der Waals surface area contributed by atoms with Gasteiger partial charge >= 0.3 is 0 Å². The van der Waals surface area contributed by atoms with Gasteiger partial charge in [-0.15, -0.1) is 0 Å². The predicted octanol–water partition coefficient (Wildman–Crippen LogP) is 2.54. The van der Waals surface area contributed by atoms with Crippen LogP contribution in [0.3, 0.4) is 0 Å². The summed E-state index contributed by atoms with van der Waals surface area (Å²) < 4.78 is 0. The minimum atomic E-state index is -0.659. The first-order chi connectivity index (χ1) is 10.2. The van der Waals surface area contributed by atoms with Crippen LogP contribution in [0.4, 0.5) is 5.69 Å². The highest BCUT2D eigenvalue weighted by Gasteiger charge is 2.36. The molecule has 21 heavy (non-hydrogen) atoms. The van der Waals surface area contributed by atoms with Crippen LogP contribution in [0, 0.1) is 0 Å². The molecule has 2 amide bonds. The van der Waals surface area contributed by atoms with Gasteiger partial charge in [0.2, 0.25) is 11.8 Å². The van der Waals surface area contributed by atoms with Crippen molar-refractivity contribution in [1.82, 2.24) is 5.32 Å². The Balaban J connectivity index is 2.06. The normalized spacial score (nSPS) is 18.5. The van der Waals surface area contributed by atoms with Crippen molar-refractivity contribution in [3.8, 4) is 0 Å². The molecule has 0 aliphatic carbocycles. The van der Waals surface area contributed by atoms with Crippen LogP contribution in [-0.2, 0) is 9.59 Å². The Morgan fingerprint density at radius 2 is 1.67 bits per heavy atom. The van der Waals surface area contributed by atoms with Crippen LogP contribution in [0.15, 0.2) is 54.6 Å². The zero-order valence-electron chi connectivity index (χ0n) is 11.1. The summed E-state index contributed by atoms with van der Waals surface area (Å²) in [5, 5.41) is 3.22. The van der Waals surface area contributed by atoms with Gasteiger partial charge in [-0.1, -0.05) is 41.9 Å². The van der Waals surface area contributed by atoms with E-state index in [0.717, 1.165) is 5.56 Å². The minimum absolute atomic E-state index is 0.00476. The number of hydrogen-bond acceptors (Lipinski definition) is 2. The van der Waals surface area contributed by atoms with Gasteiger partial charge in [-0.3, -0.25) is 14.5 Å². The first-order valence-corrected chi connectivity index (χ1v) is 6.95. The van der Waals surface area contributed by atoms with Gasteiger partial charge in [0.25, 0.3) is 0 Å². The lowest BCUT2D eigenvalue weighted by atomic mass is 10.0. The molecule has 0 radical (unpaired) electrons. The molecule has 3 rings (SSSR count). The average molecular weight is 301 g/mol. The molecule has 0 spiro atoms. The number of nitrogens with one attached hydrogen (secondary N) is 1. The number of amides is 2. The second kappa shape index (κ2) is 5.58. The third-order valence-electron chi connectivity index (χ3n) is 3.41. The molecule has 0 aromatic heterocycles. The highest BCUT2D eigenvalue weighted by molar-refractivity contribution is 6.30. The lowest BCUT2D eigenvalue weighted by Gasteiger charge is -2.35. The summed E-state index contributed by atoms with van der Waals surface area (Å²) in [4.78, 5) is 26.1. The van der Waals surface area contributed by atoms with E-state index >= 15 is 0 Å². The van der Waals surface area contributed by atoms with E-state index in [-0.39, 0.29) is 18.4 Å². The lowest BCUT2D eigenvalue weighted by molar-refractivity contribution is -0.131. The maximum Gasteiger partial charge on any atom is 0.248 e. The number of carbonyl (C=O) groups is 2. The van der Waals surface area contributed by atoms with Crippen molar-refractivity contribution in [3.63, 3.8) is 0 Å². The van der Waals surface area contributed by atoms with Crippen LogP contribution >= 0.6 is 11.6 Å². The van der Waals surface area contributed by atoms with E-state index in [1.165, 1.54) is 4.90 Å².